The van der Waals surface area contributed by atoms with E-state index in [9.17, 15) is 19.6 Å². The number of ketones is 2. The SMILES string of the molecule is CC1(C)CC[C@]2(N=C=O)CC[C@]3(C)[C@H](C(=O)C[C@@H]4[C@@]5(C)C=C(C#N)C(=O)C(C)(C)[C@@H]5CC[C@]43C)[C@@H]2C1. The molecule has 5 aliphatic carbocycles. The molecule has 0 aromatic heterocycles. The summed E-state index contributed by atoms with van der Waals surface area (Å²) in [7, 11) is 0. The number of nitriles is 1. The van der Waals surface area contributed by atoms with Crippen LogP contribution in [0.1, 0.15) is 99.8 Å². The number of carbonyl (C=O) groups excluding carboxylic acids is 3. The third-order valence-electron chi connectivity index (χ3n) is 12.7. The Labute approximate surface area is 216 Å². The molecule has 0 spiro atoms. The molecule has 0 aliphatic heterocycles. The topological polar surface area (TPSA) is 87.4 Å². The van der Waals surface area contributed by atoms with E-state index in [-0.39, 0.29) is 56.7 Å². The van der Waals surface area contributed by atoms with E-state index in [1.54, 1.807) is 0 Å². The molecule has 0 heterocycles. The van der Waals surface area contributed by atoms with Crippen LogP contribution in [-0.4, -0.2) is 23.2 Å². The Balaban J connectivity index is 1.65. The number of Topliss-reactive ketones (excluding diaryl/α,β-unsaturated/α-hetero) is 2. The number of hydrogen-bond donors (Lipinski definition) is 0. The summed E-state index contributed by atoms with van der Waals surface area (Å²) < 4.78 is 0. The summed E-state index contributed by atoms with van der Waals surface area (Å²) in [6.07, 6.45) is 10.7. The van der Waals surface area contributed by atoms with E-state index < -0.39 is 11.0 Å². The van der Waals surface area contributed by atoms with Crippen molar-refractivity contribution in [1.82, 2.24) is 0 Å². The van der Waals surface area contributed by atoms with Crippen molar-refractivity contribution in [2.75, 3.05) is 0 Å². The van der Waals surface area contributed by atoms with E-state index in [0.717, 1.165) is 44.9 Å². The molecule has 5 aliphatic rings. The highest BCUT2D eigenvalue weighted by Gasteiger charge is 2.72. The summed E-state index contributed by atoms with van der Waals surface area (Å²) >= 11 is 0. The molecular weight excluding hydrogens is 448 g/mol. The predicted molar refractivity (Wildman–Crippen MR) is 137 cm³/mol. The van der Waals surface area contributed by atoms with Crippen LogP contribution < -0.4 is 0 Å². The van der Waals surface area contributed by atoms with Crippen molar-refractivity contribution < 1.29 is 14.4 Å². The van der Waals surface area contributed by atoms with Crippen LogP contribution in [0, 0.1) is 62.1 Å². The molecule has 0 unspecified atom stereocenters. The highest BCUT2D eigenvalue weighted by molar-refractivity contribution is 6.04. The number of aliphatic imine (C=N–C) groups is 1. The summed E-state index contributed by atoms with van der Waals surface area (Å²) in [6.45, 7) is 15.5. The maximum absolute atomic E-state index is 14.3. The smallest absolute Gasteiger partial charge is 0.235 e. The number of rotatable bonds is 1. The van der Waals surface area contributed by atoms with Gasteiger partial charge < -0.3 is 0 Å². The van der Waals surface area contributed by atoms with Crippen LogP contribution in [0.4, 0.5) is 0 Å². The summed E-state index contributed by atoms with van der Waals surface area (Å²) in [5, 5.41) is 9.86. The molecule has 0 saturated heterocycles. The maximum Gasteiger partial charge on any atom is 0.235 e. The van der Waals surface area contributed by atoms with Gasteiger partial charge in [0.1, 0.15) is 11.9 Å². The first-order valence-electron chi connectivity index (χ1n) is 13.9. The van der Waals surface area contributed by atoms with E-state index in [1.807, 2.05) is 26.0 Å². The van der Waals surface area contributed by atoms with Crippen LogP contribution >= 0.6 is 0 Å². The Morgan fingerprint density at radius 1 is 0.917 bits per heavy atom. The van der Waals surface area contributed by atoms with E-state index in [1.165, 1.54) is 0 Å². The van der Waals surface area contributed by atoms with Crippen molar-refractivity contribution in [3.05, 3.63) is 11.6 Å². The molecule has 0 radical (unpaired) electrons. The lowest BCUT2D eigenvalue weighted by molar-refractivity contribution is -0.212. The Morgan fingerprint density at radius 2 is 1.58 bits per heavy atom. The highest BCUT2D eigenvalue weighted by Crippen LogP contribution is 2.75. The number of isocyanates is 1. The van der Waals surface area contributed by atoms with Crippen LogP contribution in [0.15, 0.2) is 16.6 Å². The van der Waals surface area contributed by atoms with Gasteiger partial charge in [-0.3, -0.25) is 9.59 Å². The summed E-state index contributed by atoms with van der Waals surface area (Å²) in [5.41, 5.74) is -1.42. The predicted octanol–water partition coefficient (Wildman–Crippen LogP) is 6.37. The van der Waals surface area contributed by atoms with Crippen LogP contribution in [0.5, 0.6) is 0 Å². The lowest BCUT2D eigenvalue weighted by Gasteiger charge is -2.71. The standard InChI is InChI=1S/C31H42N2O3/c1-26(2)10-12-31(33-18-34)13-11-30(7)24(20(31)16-26)21(35)14-23-28(5)15-19(17-32)25(36)27(3,4)22(28)8-9-29(23,30)6/h15,20,22-24H,8-14,16H2,1-7H3/t20-,22-,23+,24-,28-,29+,30+,31-/m0/s1. The first kappa shape index (κ1) is 25.6. The monoisotopic (exact) mass is 490 g/mol. The number of carbonyl (C=O) groups is 2. The van der Waals surface area contributed by atoms with Gasteiger partial charge in [-0.1, -0.05) is 54.5 Å². The van der Waals surface area contributed by atoms with E-state index >= 15 is 0 Å². The fraction of sp³-hybridized carbons (Fsp3) is 0.806. The zero-order valence-corrected chi connectivity index (χ0v) is 23.2. The van der Waals surface area contributed by atoms with Crippen molar-refractivity contribution in [2.45, 2.75) is 105 Å². The Hall–Kier alpha value is -2.05. The van der Waals surface area contributed by atoms with E-state index in [4.69, 9.17) is 0 Å². The number of nitrogens with zero attached hydrogens (tertiary/aromatic N) is 2. The Kier molecular flexibility index (Phi) is 5.33. The normalized spacial score (nSPS) is 48.7. The van der Waals surface area contributed by atoms with Gasteiger partial charge in [0.05, 0.1) is 11.1 Å². The third-order valence-corrected chi connectivity index (χ3v) is 12.7. The molecule has 36 heavy (non-hydrogen) atoms. The Morgan fingerprint density at radius 3 is 2.22 bits per heavy atom. The second-order valence-electron chi connectivity index (χ2n) is 15.0. The van der Waals surface area contributed by atoms with Crippen LogP contribution in [0.3, 0.4) is 0 Å². The quantitative estimate of drug-likeness (QED) is 0.315. The molecule has 5 nitrogen and oxygen atoms in total. The molecule has 5 heteroatoms. The minimum atomic E-state index is -0.621. The third kappa shape index (κ3) is 3.00. The van der Waals surface area contributed by atoms with Crippen molar-refractivity contribution in [3.8, 4) is 6.07 Å². The van der Waals surface area contributed by atoms with Gasteiger partial charge in [-0.25, -0.2) is 4.79 Å². The molecule has 0 bridgehead atoms. The molecule has 4 fully saturated rings. The summed E-state index contributed by atoms with van der Waals surface area (Å²) in [6, 6.07) is 2.20. The van der Waals surface area contributed by atoms with Crippen molar-refractivity contribution >= 4 is 17.6 Å². The number of fused-ring (bicyclic) bond motifs is 7. The molecule has 0 N–H and O–H groups in total. The molecule has 0 aromatic rings. The van der Waals surface area contributed by atoms with Crippen molar-refractivity contribution in [1.29, 1.82) is 5.26 Å². The van der Waals surface area contributed by atoms with Gasteiger partial charge in [0.15, 0.2) is 5.78 Å². The van der Waals surface area contributed by atoms with Gasteiger partial charge in [0, 0.05) is 17.8 Å². The van der Waals surface area contributed by atoms with Gasteiger partial charge in [0.25, 0.3) is 0 Å². The minimum absolute atomic E-state index is 0.0547. The molecule has 4 saturated carbocycles. The summed E-state index contributed by atoms with van der Waals surface area (Å²) in [5.74, 6) is 0.370. The number of allylic oxidation sites excluding steroid dienone is 2. The van der Waals surface area contributed by atoms with E-state index in [0.29, 0.717) is 12.2 Å². The number of hydrogen-bond acceptors (Lipinski definition) is 5. The molecular formula is C31H42N2O3. The average Bonchev–Trinajstić information content (AvgIpc) is 2.79. The van der Waals surface area contributed by atoms with Gasteiger partial charge >= 0.3 is 0 Å². The lowest BCUT2D eigenvalue weighted by atomic mass is 9.32. The molecule has 5 rings (SSSR count). The minimum Gasteiger partial charge on any atom is -0.299 e. The zero-order valence-electron chi connectivity index (χ0n) is 23.2. The first-order chi connectivity index (χ1) is 16.6. The maximum atomic E-state index is 14.3. The van der Waals surface area contributed by atoms with Gasteiger partial charge in [-0.2, -0.15) is 10.3 Å². The van der Waals surface area contributed by atoms with Gasteiger partial charge in [0.2, 0.25) is 6.08 Å². The fourth-order valence-electron chi connectivity index (χ4n) is 10.6. The Bertz CT molecular complexity index is 1150. The second-order valence-corrected chi connectivity index (χ2v) is 15.0. The molecule has 8 atom stereocenters. The molecule has 0 amide bonds. The zero-order chi connectivity index (χ0) is 26.5. The van der Waals surface area contributed by atoms with Gasteiger partial charge in [-0.05, 0) is 84.4 Å². The van der Waals surface area contributed by atoms with Crippen LogP contribution in [-0.2, 0) is 14.4 Å². The van der Waals surface area contributed by atoms with Gasteiger partial charge in [-0.15, -0.1) is 0 Å². The molecule has 194 valence electrons. The average molecular weight is 491 g/mol. The second kappa shape index (κ2) is 7.50. The van der Waals surface area contributed by atoms with Crippen molar-refractivity contribution in [3.63, 3.8) is 0 Å². The largest absolute Gasteiger partial charge is 0.299 e. The first-order valence-corrected chi connectivity index (χ1v) is 13.9. The van der Waals surface area contributed by atoms with E-state index in [2.05, 4.69) is 45.7 Å². The molecule has 0 aromatic carbocycles. The van der Waals surface area contributed by atoms with Crippen LogP contribution in [0.2, 0.25) is 0 Å². The summed E-state index contributed by atoms with van der Waals surface area (Å²) in [4.78, 5) is 43.6. The highest BCUT2D eigenvalue weighted by atomic mass is 16.1. The lowest BCUT2D eigenvalue weighted by Crippen LogP contribution is -2.69. The van der Waals surface area contributed by atoms with Crippen LogP contribution in [0.25, 0.3) is 0 Å². The fourth-order valence-corrected chi connectivity index (χ4v) is 10.6. The van der Waals surface area contributed by atoms with Crippen molar-refractivity contribution in [2.24, 2.45) is 55.7 Å².